The Morgan fingerprint density at radius 2 is 2.18 bits per heavy atom. The minimum atomic E-state index is 0.260. The van der Waals surface area contributed by atoms with Crippen LogP contribution in [0.2, 0.25) is 0 Å². The smallest absolute Gasteiger partial charge is 0.222 e. The van der Waals surface area contributed by atoms with Gasteiger partial charge in [-0.15, -0.1) is 5.10 Å². The van der Waals surface area contributed by atoms with Crippen LogP contribution in [0.5, 0.6) is 0 Å². The first-order valence-corrected chi connectivity index (χ1v) is 5.84. The molecule has 3 N–H and O–H groups in total. The zero-order valence-corrected chi connectivity index (χ0v) is 9.50. The fraction of sp³-hybridized carbons (Fsp3) is 0.333. The Morgan fingerprint density at radius 3 is 2.94 bits per heavy atom. The summed E-state index contributed by atoms with van der Waals surface area (Å²) in [4.78, 5) is 4.50. The van der Waals surface area contributed by atoms with Crippen LogP contribution in [0.1, 0.15) is 12.5 Å². The standard InChI is InChI=1S/C12H15N5/c13-8-10-6-7-14-12-15-11(16-17(10)12)9-4-2-1-3-5-9/h1-5,10H,6-8,13H2,(H,14,15,16). The van der Waals surface area contributed by atoms with Crippen molar-refractivity contribution in [3.63, 3.8) is 0 Å². The molecule has 5 nitrogen and oxygen atoms in total. The average molecular weight is 229 g/mol. The highest BCUT2D eigenvalue weighted by atomic mass is 15.4. The van der Waals surface area contributed by atoms with Crippen molar-refractivity contribution < 1.29 is 0 Å². The second-order valence-electron chi connectivity index (χ2n) is 4.17. The summed E-state index contributed by atoms with van der Waals surface area (Å²) in [5.41, 5.74) is 6.78. The molecule has 0 aliphatic carbocycles. The zero-order chi connectivity index (χ0) is 11.7. The first kappa shape index (κ1) is 10.3. The number of benzene rings is 1. The lowest BCUT2D eigenvalue weighted by atomic mass is 10.2. The van der Waals surface area contributed by atoms with Gasteiger partial charge in [-0.05, 0) is 6.42 Å². The molecule has 0 radical (unpaired) electrons. The summed E-state index contributed by atoms with van der Waals surface area (Å²) in [6.45, 7) is 1.51. The van der Waals surface area contributed by atoms with Gasteiger partial charge in [0.15, 0.2) is 5.82 Å². The Labute approximate surface area is 99.7 Å². The van der Waals surface area contributed by atoms with E-state index in [0.717, 1.165) is 30.3 Å². The van der Waals surface area contributed by atoms with Crippen LogP contribution >= 0.6 is 0 Å². The summed E-state index contributed by atoms with van der Waals surface area (Å²) in [6, 6.07) is 10.3. The minimum Gasteiger partial charge on any atom is -0.354 e. The molecule has 88 valence electrons. The highest BCUT2D eigenvalue weighted by Crippen LogP contribution is 2.24. The first-order valence-electron chi connectivity index (χ1n) is 5.84. The lowest BCUT2D eigenvalue weighted by molar-refractivity contribution is 0.427. The van der Waals surface area contributed by atoms with Crippen molar-refractivity contribution in [2.45, 2.75) is 12.5 Å². The molecule has 1 aliphatic heterocycles. The number of nitrogens with zero attached hydrogens (tertiary/aromatic N) is 3. The molecule has 0 saturated heterocycles. The number of anilines is 1. The predicted octanol–water partition coefficient (Wildman–Crippen LogP) is 1.26. The maximum atomic E-state index is 5.75. The Hall–Kier alpha value is -1.88. The number of fused-ring (bicyclic) bond motifs is 1. The number of nitrogens with one attached hydrogen (secondary N) is 1. The second kappa shape index (κ2) is 4.18. The Morgan fingerprint density at radius 1 is 1.35 bits per heavy atom. The van der Waals surface area contributed by atoms with Crippen LogP contribution in [0.3, 0.4) is 0 Å². The fourth-order valence-corrected chi connectivity index (χ4v) is 2.10. The van der Waals surface area contributed by atoms with Gasteiger partial charge in [0.05, 0.1) is 6.04 Å². The van der Waals surface area contributed by atoms with Crippen LogP contribution in [0.15, 0.2) is 30.3 Å². The highest BCUT2D eigenvalue weighted by Gasteiger charge is 2.21. The van der Waals surface area contributed by atoms with Crippen molar-refractivity contribution >= 4 is 5.95 Å². The first-order chi connectivity index (χ1) is 8.38. The van der Waals surface area contributed by atoms with Gasteiger partial charge in [-0.2, -0.15) is 4.98 Å². The van der Waals surface area contributed by atoms with Crippen molar-refractivity contribution in [2.24, 2.45) is 5.73 Å². The van der Waals surface area contributed by atoms with E-state index in [1.807, 2.05) is 35.0 Å². The minimum absolute atomic E-state index is 0.260. The molecular weight excluding hydrogens is 214 g/mol. The van der Waals surface area contributed by atoms with Crippen LogP contribution in [-0.4, -0.2) is 27.9 Å². The Kier molecular flexibility index (Phi) is 2.53. The van der Waals surface area contributed by atoms with Crippen molar-refractivity contribution in [3.05, 3.63) is 30.3 Å². The predicted molar refractivity (Wildman–Crippen MR) is 66.7 cm³/mol. The van der Waals surface area contributed by atoms with Crippen molar-refractivity contribution in [3.8, 4) is 11.4 Å². The van der Waals surface area contributed by atoms with E-state index in [0.29, 0.717) is 6.54 Å². The van der Waals surface area contributed by atoms with E-state index < -0.39 is 0 Å². The molecule has 1 unspecified atom stereocenters. The quantitative estimate of drug-likeness (QED) is 0.813. The maximum Gasteiger partial charge on any atom is 0.222 e. The van der Waals surface area contributed by atoms with E-state index in [2.05, 4.69) is 15.4 Å². The fourth-order valence-electron chi connectivity index (χ4n) is 2.10. The molecule has 3 rings (SSSR count). The van der Waals surface area contributed by atoms with Gasteiger partial charge in [-0.1, -0.05) is 30.3 Å². The zero-order valence-electron chi connectivity index (χ0n) is 9.50. The molecule has 0 saturated carbocycles. The average Bonchev–Trinajstić information content (AvgIpc) is 2.83. The highest BCUT2D eigenvalue weighted by molar-refractivity contribution is 5.56. The molecule has 0 fully saturated rings. The number of hydrogen-bond acceptors (Lipinski definition) is 4. The number of rotatable bonds is 2. The molecule has 0 amide bonds. The van der Waals surface area contributed by atoms with E-state index in [4.69, 9.17) is 5.73 Å². The summed E-state index contributed by atoms with van der Waals surface area (Å²) in [5.74, 6) is 1.58. The van der Waals surface area contributed by atoms with E-state index in [1.54, 1.807) is 0 Å². The van der Waals surface area contributed by atoms with Gasteiger partial charge in [0.1, 0.15) is 0 Å². The SMILES string of the molecule is NCC1CCNc2nc(-c3ccccc3)nn21. The summed E-state index contributed by atoms with van der Waals surface area (Å²) in [5, 5.41) is 7.79. The Balaban J connectivity index is 2.02. The van der Waals surface area contributed by atoms with E-state index in [-0.39, 0.29) is 6.04 Å². The van der Waals surface area contributed by atoms with Crippen molar-refractivity contribution in [1.29, 1.82) is 0 Å². The van der Waals surface area contributed by atoms with Gasteiger partial charge < -0.3 is 11.1 Å². The second-order valence-corrected chi connectivity index (χ2v) is 4.17. The van der Waals surface area contributed by atoms with Gasteiger partial charge in [-0.25, -0.2) is 4.68 Å². The molecule has 5 heteroatoms. The van der Waals surface area contributed by atoms with Gasteiger partial charge in [0.2, 0.25) is 5.95 Å². The molecule has 17 heavy (non-hydrogen) atoms. The largest absolute Gasteiger partial charge is 0.354 e. The van der Waals surface area contributed by atoms with Crippen LogP contribution < -0.4 is 11.1 Å². The third-order valence-electron chi connectivity index (χ3n) is 3.04. The summed E-state index contributed by atoms with van der Waals surface area (Å²) in [7, 11) is 0. The van der Waals surface area contributed by atoms with E-state index in [9.17, 15) is 0 Å². The summed E-state index contributed by atoms with van der Waals surface area (Å²) >= 11 is 0. The maximum absolute atomic E-state index is 5.75. The van der Waals surface area contributed by atoms with Crippen LogP contribution in [0.25, 0.3) is 11.4 Å². The molecule has 0 spiro atoms. The molecule has 1 atom stereocenters. The van der Waals surface area contributed by atoms with Gasteiger partial charge in [-0.3, -0.25) is 0 Å². The number of aromatic nitrogens is 3. The molecule has 0 bridgehead atoms. The van der Waals surface area contributed by atoms with Crippen LogP contribution in [0, 0.1) is 0 Å². The topological polar surface area (TPSA) is 68.8 Å². The molecule has 1 aliphatic rings. The van der Waals surface area contributed by atoms with E-state index >= 15 is 0 Å². The third-order valence-corrected chi connectivity index (χ3v) is 3.04. The Bertz CT molecular complexity index is 505. The lowest BCUT2D eigenvalue weighted by Crippen LogP contribution is -2.29. The van der Waals surface area contributed by atoms with E-state index in [1.165, 1.54) is 0 Å². The lowest BCUT2D eigenvalue weighted by Gasteiger charge is -2.22. The number of hydrogen-bond donors (Lipinski definition) is 2. The number of nitrogens with two attached hydrogens (primary N) is 1. The summed E-state index contributed by atoms with van der Waals surface area (Å²) < 4.78 is 1.91. The molecule has 2 heterocycles. The van der Waals surface area contributed by atoms with Gasteiger partial charge >= 0.3 is 0 Å². The molecule has 2 aromatic rings. The van der Waals surface area contributed by atoms with Crippen LogP contribution in [-0.2, 0) is 0 Å². The summed E-state index contributed by atoms with van der Waals surface area (Å²) in [6.07, 6.45) is 1.00. The normalized spacial score (nSPS) is 18.5. The van der Waals surface area contributed by atoms with Gasteiger partial charge in [0.25, 0.3) is 0 Å². The van der Waals surface area contributed by atoms with Gasteiger partial charge in [0, 0.05) is 18.7 Å². The third kappa shape index (κ3) is 1.78. The van der Waals surface area contributed by atoms with Crippen molar-refractivity contribution in [2.75, 3.05) is 18.4 Å². The van der Waals surface area contributed by atoms with Crippen molar-refractivity contribution in [1.82, 2.24) is 14.8 Å². The molecule has 1 aromatic carbocycles. The molecule has 1 aromatic heterocycles. The molecular formula is C12H15N5. The van der Waals surface area contributed by atoms with Crippen LogP contribution in [0.4, 0.5) is 5.95 Å². The monoisotopic (exact) mass is 229 g/mol.